The van der Waals surface area contributed by atoms with Crippen molar-refractivity contribution in [2.45, 2.75) is 6.92 Å². The zero-order valence-corrected chi connectivity index (χ0v) is 10.2. The van der Waals surface area contributed by atoms with Crippen LogP contribution in [-0.4, -0.2) is 17.6 Å². The predicted octanol–water partition coefficient (Wildman–Crippen LogP) is 3.16. The van der Waals surface area contributed by atoms with Crippen molar-refractivity contribution in [3.63, 3.8) is 0 Å². The van der Waals surface area contributed by atoms with E-state index < -0.39 is 5.97 Å². The van der Waals surface area contributed by atoms with Crippen molar-refractivity contribution in [2.24, 2.45) is 0 Å². The first kappa shape index (κ1) is 12.2. The molecule has 0 aliphatic rings. The molecule has 3 heteroatoms. The van der Waals surface area contributed by atoms with Gasteiger partial charge in [-0.1, -0.05) is 48.0 Å². The van der Waals surface area contributed by atoms with Crippen molar-refractivity contribution in [1.29, 1.82) is 0 Å². The third-order valence-corrected chi connectivity index (χ3v) is 2.69. The Hall–Kier alpha value is -2.29. The van der Waals surface area contributed by atoms with Crippen molar-refractivity contribution in [3.8, 4) is 11.1 Å². The van der Waals surface area contributed by atoms with Gasteiger partial charge in [0.25, 0.3) is 0 Å². The first-order valence-corrected chi connectivity index (χ1v) is 5.78. The van der Waals surface area contributed by atoms with Gasteiger partial charge in [0.05, 0.1) is 0 Å². The summed E-state index contributed by atoms with van der Waals surface area (Å²) < 4.78 is 0. The van der Waals surface area contributed by atoms with Crippen LogP contribution in [0.15, 0.2) is 48.5 Å². The molecular formula is C15H15NO2. The highest BCUT2D eigenvalue weighted by Gasteiger charge is 2.05. The molecule has 0 atom stereocenters. The number of hydrogen-bond donors (Lipinski definition) is 2. The molecule has 2 rings (SSSR count). The SMILES string of the molecule is Cc1cccc(-c2ccccc2NCC(=O)O)c1. The Kier molecular flexibility index (Phi) is 3.63. The van der Waals surface area contributed by atoms with Gasteiger partial charge in [0.1, 0.15) is 6.54 Å². The molecule has 0 radical (unpaired) electrons. The summed E-state index contributed by atoms with van der Waals surface area (Å²) in [5, 5.41) is 11.6. The van der Waals surface area contributed by atoms with Gasteiger partial charge in [-0.05, 0) is 18.6 Å². The molecule has 18 heavy (non-hydrogen) atoms. The molecule has 0 saturated heterocycles. The number of carboxylic acid groups (broad SMARTS) is 1. The molecule has 3 nitrogen and oxygen atoms in total. The summed E-state index contributed by atoms with van der Waals surface area (Å²) in [4.78, 5) is 10.6. The number of carbonyl (C=O) groups is 1. The van der Waals surface area contributed by atoms with Crippen LogP contribution in [0.1, 0.15) is 5.56 Å². The van der Waals surface area contributed by atoms with E-state index in [1.54, 1.807) is 0 Å². The Balaban J connectivity index is 2.35. The maximum absolute atomic E-state index is 10.6. The van der Waals surface area contributed by atoms with Gasteiger partial charge in [-0.25, -0.2) is 0 Å². The number of anilines is 1. The number of para-hydroxylation sites is 1. The highest BCUT2D eigenvalue weighted by molar-refractivity contribution is 5.81. The molecule has 2 aromatic rings. The van der Waals surface area contributed by atoms with Crippen molar-refractivity contribution in [2.75, 3.05) is 11.9 Å². The molecule has 0 aliphatic heterocycles. The van der Waals surface area contributed by atoms with Crippen LogP contribution in [0, 0.1) is 6.92 Å². The topological polar surface area (TPSA) is 49.3 Å². The minimum absolute atomic E-state index is 0.0805. The number of aryl methyl sites for hydroxylation is 1. The third-order valence-electron chi connectivity index (χ3n) is 2.69. The van der Waals surface area contributed by atoms with Crippen LogP contribution in [0.3, 0.4) is 0 Å². The minimum atomic E-state index is -0.867. The fourth-order valence-corrected chi connectivity index (χ4v) is 1.87. The summed E-state index contributed by atoms with van der Waals surface area (Å²) in [6.45, 7) is 1.96. The molecule has 0 saturated carbocycles. The summed E-state index contributed by atoms with van der Waals surface area (Å²) >= 11 is 0. The van der Waals surface area contributed by atoms with E-state index >= 15 is 0 Å². The minimum Gasteiger partial charge on any atom is -0.480 e. The van der Waals surface area contributed by atoms with Gasteiger partial charge in [-0.2, -0.15) is 0 Å². The van der Waals surface area contributed by atoms with Gasteiger partial charge >= 0.3 is 5.97 Å². The van der Waals surface area contributed by atoms with Gasteiger partial charge in [0.2, 0.25) is 0 Å². The number of nitrogens with one attached hydrogen (secondary N) is 1. The Labute approximate surface area is 106 Å². The first-order chi connectivity index (χ1) is 8.66. The maximum Gasteiger partial charge on any atom is 0.322 e. The molecule has 0 aliphatic carbocycles. The van der Waals surface area contributed by atoms with Crippen LogP contribution in [-0.2, 0) is 4.79 Å². The van der Waals surface area contributed by atoms with Crippen molar-refractivity contribution in [1.82, 2.24) is 0 Å². The highest BCUT2D eigenvalue weighted by atomic mass is 16.4. The highest BCUT2D eigenvalue weighted by Crippen LogP contribution is 2.28. The van der Waals surface area contributed by atoms with Crippen molar-refractivity contribution in [3.05, 3.63) is 54.1 Å². The summed E-state index contributed by atoms with van der Waals surface area (Å²) in [5.74, 6) is -0.867. The summed E-state index contributed by atoms with van der Waals surface area (Å²) in [5.41, 5.74) is 4.12. The standard InChI is InChI=1S/C15H15NO2/c1-11-5-4-6-12(9-11)13-7-2-3-8-14(13)16-10-15(17)18/h2-9,16H,10H2,1H3,(H,17,18). The second-order valence-corrected chi connectivity index (χ2v) is 4.16. The Morgan fingerprint density at radius 1 is 1.17 bits per heavy atom. The first-order valence-electron chi connectivity index (χ1n) is 5.78. The molecule has 0 heterocycles. The second kappa shape index (κ2) is 5.36. The zero-order chi connectivity index (χ0) is 13.0. The molecule has 0 bridgehead atoms. The Morgan fingerprint density at radius 2 is 1.94 bits per heavy atom. The summed E-state index contributed by atoms with van der Waals surface area (Å²) in [7, 11) is 0. The van der Waals surface area contributed by atoms with Gasteiger partial charge in [0.15, 0.2) is 0 Å². The summed E-state index contributed by atoms with van der Waals surface area (Å²) in [6.07, 6.45) is 0. The van der Waals surface area contributed by atoms with Gasteiger partial charge < -0.3 is 10.4 Å². The molecule has 2 aromatic carbocycles. The van der Waals surface area contributed by atoms with Crippen LogP contribution in [0.2, 0.25) is 0 Å². The smallest absolute Gasteiger partial charge is 0.322 e. The van der Waals surface area contributed by atoms with Gasteiger partial charge in [0, 0.05) is 11.3 Å². The number of aliphatic carboxylic acids is 1. The van der Waals surface area contributed by atoms with E-state index in [4.69, 9.17) is 5.11 Å². The van der Waals surface area contributed by atoms with Crippen molar-refractivity contribution >= 4 is 11.7 Å². The molecule has 0 amide bonds. The van der Waals surface area contributed by atoms with Gasteiger partial charge in [-0.3, -0.25) is 4.79 Å². The van der Waals surface area contributed by atoms with Crippen LogP contribution in [0.4, 0.5) is 5.69 Å². The Bertz CT molecular complexity index is 564. The molecule has 92 valence electrons. The second-order valence-electron chi connectivity index (χ2n) is 4.16. The predicted molar refractivity (Wildman–Crippen MR) is 72.7 cm³/mol. The van der Waals surface area contributed by atoms with Gasteiger partial charge in [-0.15, -0.1) is 0 Å². The van der Waals surface area contributed by atoms with E-state index in [1.165, 1.54) is 5.56 Å². The lowest BCUT2D eigenvalue weighted by molar-refractivity contribution is -0.134. The quantitative estimate of drug-likeness (QED) is 0.864. The molecule has 2 N–H and O–H groups in total. The number of hydrogen-bond acceptors (Lipinski definition) is 2. The zero-order valence-electron chi connectivity index (χ0n) is 10.2. The average Bonchev–Trinajstić information content (AvgIpc) is 2.36. The molecule has 0 aromatic heterocycles. The lowest BCUT2D eigenvalue weighted by atomic mass is 10.0. The average molecular weight is 241 g/mol. The molecular weight excluding hydrogens is 226 g/mol. The third kappa shape index (κ3) is 2.88. The lowest BCUT2D eigenvalue weighted by Gasteiger charge is -2.11. The van der Waals surface area contributed by atoms with Crippen LogP contribution < -0.4 is 5.32 Å². The number of rotatable bonds is 4. The summed E-state index contributed by atoms with van der Waals surface area (Å²) in [6, 6.07) is 15.9. The number of benzene rings is 2. The van der Waals surface area contributed by atoms with Crippen LogP contribution in [0.25, 0.3) is 11.1 Å². The monoisotopic (exact) mass is 241 g/mol. The fourth-order valence-electron chi connectivity index (χ4n) is 1.87. The maximum atomic E-state index is 10.6. The van der Waals surface area contributed by atoms with Crippen LogP contribution in [0.5, 0.6) is 0 Å². The molecule has 0 unspecified atom stereocenters. The van der Waals surface area contributed by atoms with E-state index in [0.29, 0.717) is 0 Å². The Morgan fingerprint density at radius 3 is 2.67 bits per heavy atom. The van der Waals surface area contributed by atoms with E-state index in [1.807, 2.05) is 49.4 Å². The van der Waals surface area contributed by atoms with E-state index in [9.17, 15) is 4.79 Å². The van der Waals surface area contributed by atoms with E-state index in [-0.39, 0.29) is 6.54 Å². The van der Waals surface area contributed by atoms with Crippen LogP contribution >= 0.6 is 0 Å². The van der Waals surface area contributed by atoms with E-state index in [0.717, 1.165) is 16.8 Å². The molecule has 0 spiro atoms. The largest absolute Gasteiger partial charge is 0.480 e. The fraction of sp³-hybridized carbons (Fsp3) is 0.133. The normalized spacial score (nSPS) is 10.1. The lowest BCUT2D eigenvalue weighted by Crippen LogP contribution is -2.12. The number of carboxylic acids is 1. The molecule has 0 fully saturated rings. The van der Waals surface area contributed by atoms with Crippen molar-refractivity contribution < 1.29 is 9.90 Å². The van der Waals surface area contributed by atoms with E-state index in [2.05, 4.69) is 11.4 Å².